The first-order valence-corrected chi connectivity index (χ1v) is 10.8. The number of carbonyl (C=O) groups excluding carboxylic acids is 1. The Morgan fingerprint density at radius 2 is 2.00 bits per heavy atom. The lowest BCUT2D eigenvalue weighted by atomic mass is 10.2. The van der Waals surface area contributed by atoms with E-state index in [0.717, 1.165) is 18.0 Å². The van der Waals surface area contributed by atoms with Gasteiger partial charge >= 0.3 is 0 Å². The van der Waals surface area contributed by atoms with Crippen molar-refractivity contribution in [2.45, 2.75) is 37.1 Å². The molecule has 6 nitrogen and oxygen atoms in total. The zero-order valence-corrected chi connectivity index (χ0v) is 16.9. The van der Waals surface area contributed by atoms with Crippen LogP contribution in [0, 0.1) is 0 Å². The Hall–Kier alpha value is -2.25. The molecule has 0 spiro atoms. The van der Waals surface area contributed by atoms with Gasteiger partial charge in [-0.1, -0.05) is 18.9 Å². The maximum atomic E-state index is 12.3. The van der Waals surface area contributed by atoms with Gasteiger partial charge in [0, 0.05) is 16.6 Å². The molecule has 1 aromatic heterocycles. The molecular weight excluding hydrogens is 376 g/mol. The van der Waals surface area contributed by atoms with Gasteiger partial charge in [0.05, 0.1) is 6.54 Å². The lowest BCUT2D eigenvalue weighted by Crippen LogP contribution is -2.25. The van der Waals surface area contributed by atoms with Gasteiger partial charge in [0.2, 0.25) is 11.2 Å². The van der Waals surface area contributed by atoms with Crippen LogP contribution < -0.4 is 15.5 Å². The quantitative estimate of drug-likeness (QED) is 0.711. The molecule has 7 heteroatoms. The van der Waals surface area contributed by atoms with E-state index in [-0.39, 0.29) is 23.7 Å². The molecule has 0 aliphatic carbocycles. The monoisotopic (exact) mass is 402 g/mol. The molecule has 0 saturated carbocycles. The predicted molar refractivity (Wildman–Crippen MR) is 111 cm³/mol. The number of hydrogen-bond donors (Lipinski definition) is 1. The number of nitrogens with one attached hydrogen (secondary N) is 1. The molecule has 1 amide bonds. The molecule has 1 saturated heterocycles. The number of likely N-dealkylation sites (tertiary alicyclic amines) is 1. The van der Waals surface area contributed by atoms with E-state index in [1.165, 1.54) is 38.0 Å². The van der Waals surface area contributed by atoms with Crippen LogP contribution in [-0.4, -0.2) is 36.8 Å². The van der Waals surface area contributed by atoms with E-state index in [1.807, 2.05) is 30.5 Å². The van der Waals surface area contributed by atoms with Crippen molar-refractivity contribution in [1.82, 2.24) is 4.90 Å². The second-order valence-electron chi connectivity index (χ2n) is 6.83. The first kappa shape index (κ1) is 20.5. The van der Waals surface area contributed by atoms with Crippen molar-refractivity contribution in [3.05, 3.63) is 52.6 Å². The van der Waals surface area contributed by atoms with Gasteiger partial charge < -0.3 is 14.5 Å². The Balaban J connectivity index is 1.52. The average Bonchev–Trinajstić information content (AvgIpc) is 2.96. The van der Waals surface area contributed by atoms with E-state index in [2.05, 4.69) is 10.2 Å². The molecule has 1 N–H and O–H groups in total. The Morgan fingerprint density at radius 1 is 1.21 bits per heavy atom. The number of rotatable bonds is 7. The number of amides is 1. The smallest absolute Gasteiger partial charge is 0.262 e. The van der Waals surface area contributed by atoms with Crippen molar-refractivity contribution in [2.24, 2.45) is 0 Å². The largest absolute Gasteiger partial charge is 0.477 e. The normalized spacial score (nSPS) is 15.0. The summed E-state index contributed by atoms with van der Waals surface area (Å²) in [7, 11) is 0. The number of carbonyl (C=O) groups is 1. The summed E-state index contributed by atoms with van der Waals surface area (Å²) in [4.78, 5) is 27.7. The van der Waals surface area contributed by atoms with E-state index >= 15 is 0 Å². The van der Waals surface area contributed by atoms with E-state index in [1.54, 1.807) is 11.8 Å². The van der Waals surface area contributed by atoms with Gasteiger partial charge in [0.1, 0.15) is 12.0 Å². The van der Waals surface area contributed by atoms with Gasteiger partial charge in [0.25, 0.3) is 5.91 Å². The summed E-state index contributed by atoms with van der Waals surface area (Å²) in [6.07, 6.45) is 8.16. The molecule has 2 aromatic rings. The van der Waals surface area contributed by atoms with Crippen LogP contribution in [0.3, 0.4) is 0 Å². The molecule has 0 atom stereocenters. The molecule has 1 aliphatic heterocycles. The summed E-state index contributed by atoms with van der Waals surface area (Å²) in [5.74, 6) is 0.344. The van der Waals surface area contributed by atoms with Crippen molar-refractivity contribution in [3.8, 4) is 5.75 Å². The standard InChI is InChI=1S/C21H26N2O4S/c1-28-18-8-6-7-16(11-18)22-21(25)15-27-20-14-26-17(12-19(20)24)13-23-9-4-2-3-5-10-23/h6-8,11-12,14H,2-5,9-10,13,15H2,1H3,(H,22,25). The fraction of sp³-hybridized carbons (Fsp3) is 0.429. The fourth-order valence-electron chi connectivity index (χ4n) is 3.18. The van der Waals surface area contributed by atoms with Gasteiger partial charge in [-0.25, -0.2) is 0 Å². The van der Waals surface area contributed by atoms with Gasteiger partial charge in [-0.3, -0.25) is 14.5 Å². The minimum absolute atomic E-state index is 0.0487. The summed E-state index contributed by atoms with van der Waals surface area (Å²) >= 11 is 1.60. The van der Waals surface area contributed by atoms with Gasteiger partial charge in [-0.15, -0.1) is 11.8 Å². The maximum absolute atomic E-state index is 12.3. The van der Waals surface area contributed by atoms with Gasteiger partial charge in [-0.2, -0.15) is 0 Å². The van der Waals surface area contributed by atoms with Crippen molar-refractivity contribution < 1.29 is 13.9 Å². The Bertz CT molecular complexity index is 844. The number of anilines is 1. The molecular formula is C21H26N2O4S. The highest BCUT2D eigenvalue weighted by molar-refractivity contribution is 7.98. The average molecular weight is 403 g/mol. The van der Waals surface area contributed by atoms with Crippen LogP contribution in [0.5, 0.6) is 5.75 Å². The second kappa shape index (κ2) is 10.3. The number of hydrogen-bond acceptors (Lipinski definition) is 6. The molecule has 0 bridgehead atoms. The van der Waals surface area contributed by atoms with Crippen LogP contribution in [0.15, 0.2) is 50.7 Å². The topological polar surface area (TPSA) is 71.8 Å². The van der Waals surface area contributed by atoms with E-state index < -0.39 is 0 Å². The summed E-state index contributed by atoms with van der Waals surface area (Å²) < 4.78 is 10.9. The Morgan fingerprint density at radius 3 is 2.71 bits per heavy atom. The lowest BCUT2D eigenvalue weighted by Gasteiger charge is -2.18. The van der Waals surface area contributed by atoms with Crippen LogP contribution in [0.2, 0.25) is 0 Å². The van der Waals surface area contributed by atoms with Crippen LogP contribution in [0.1, 0.15) is 31.4 Å². The molecule has 28 heavy (non-hydrogen) atoms. The highest BCUT2D eigenvalue weighted by Gasteiger charge is 2.13. The fourth-order valence-corrected chi connectivity index (χ4v) is 3.64. The predicted octanol–water partition coefficient (Wildman–Crippen LogP) is 3.76. The molecule has 1 aliphatic rings. The zero-order valence-electron chi connectivity index (χ0n) is 16.1. The summed E-state index contributed by atoms with van der Waals surface area (Å²) in [5, 5.41) is 2.76. The van der Waals surface area contributed by atoms with Gasteiger partial charge in [-0.05, 0) is 50.4 Å². The molecule has 0 radical (unpaired) electrons. The van der Waals surface area contributed by atoms with Gasteiger partial charge in [0.15, 0.2) is 6.61 Å². The third kappa shape index (κ3) is 6.14. The minimum Gasteiger partial charge on any atom is -0.477 e. The van der Waals surface area contributed by atoms with E-state index in [4.69, 9.17) is 9.15 Å². The van der Waals surface area contributed by atoms with Crippen LogP contribution in [0.4, 0.5) is 5.69 Å². The van der Waals surface area contributed by atoms with E-state index in [9.17, 15) is 9.59 Å². The van der Waals surface area contributed by atoms with Crippen LogP contribution in [0.25, 0.3) is 0 Å². The first-order chi connectivity index (χ1) is 13.6. The highest BCUT2D eigenvalue weighted by atomic mass is 32.2. The number of benzene rings is 1. The van der Waals surface area contributed by atoms with Crippen LogP contribution >= 0.6 is 11.8 Å². The van der Waals surface area contributed by atoms with Crippen molar-refractivity contribution in [3.63, 3.8) is 0 Å². The third-order valence-corrected chi connectivity index (χ3v) is 5.37. The second-order valence-corrected chi connectivity index (χ2v) is 7.71. The summed E-state index contributed by atoms with van der Waals surface area (Å²) in [6.45, 7) is 2.43. The highest BCUT2D eigenvalue weighted by Crippen LogP contribution is 2.19. The minimum atomic E-state index is -0.328. The summed E-state index contributed by atoms with van der Waals surface area (Å²) in [5.41, 5.74) is 0.425. The van der Waals surface area contributed by atoms with E-state index in [0.29, 0.717) is 18.0 Å². The molecule has 3 rings (SSSR count). The zero-order chi connectivity index (χ0) is 19.8. The van der Waals surface area contributed by atoms with Crippen LogP contribution in [-0.2, 0) is 11.3 Å². The van der Waals surface area contributed by atoms with Crippen molar-refractivity contribution >= 4 is 23.4 Å². The number of thioether (sulfide) groups is 1. The third-order valence-electron chi connectivity index (χ3n) is 4.64. The van der Waals surface area contributed by atoms with Crippen molar-refractivity contribution in [2.75, 3.05) is 31.3 Å². The summed E-state index contributed by atoms with van der Waals surface area (Å²) in [6, 6.07) is 8.99. The molecule has 150 valence electrons. The Kier molecular flexibility index (Phi) is 7.56. The maximum Gasteiger partial charge on any atom is 0.262 e. The molecule has 1 fully saturated rings. The molecule has 0 unspecified atom stereocenters. The lowest BCUT2D eigenvalue weighted by molar-refractivity contribution is -0.118. The SMILES string of the molecule is CSc1cccc(NC(=O)COc2coc(CN3CCCCCC3)cc2=O)c1. The number of nitrogens with zero attached hydrogens (tertiary/aromatic N) is 1. The first-order valence-electron chi connectivity index (χ1n) is 9.55. The van der Waals surface area contributed by atoms with Crippen molar-refractivity contribution in [1.29, 1.82) is 0 Å². The molecule has 2 heterocycles. The molecule has 1 aromatic carbocycles. The Labute approximate surface area is 169 Å². The number of ether oxygens (including phenoxy) is 1.